The average Bonchev–Trinajstić information content (AvgIpc) is 2.90. The van der Waals surface area contributed by atoms with E-state index in [1.165, 1.54) is 16.7 Å². The number of carbonyl (C=O) groups is 2. The summed E-state index contributed by atoms with van der Waals surface area (Å²) in [6.45, 7) is 0.777. The van der Waals surface area contributed by atoms with E-state index in [2.05, 4.69) is 15.6 Å². The maximum absolute atomic E-state index is 13.2. The van der Waals surface area contributed by atoms with Gasteiger partial charge in [-0.05, 0) is 35.4 Å². The quantitative estimate of drug-likeness (QED) is 0.254. The molecule has 0 aliphatic rings. The third kappa shape index (κ3) is 6.79. The highest BCUT2D eigenvalue weighted by Crippen LogP contribution is 2.18. The van der Waals surface area contributed by atoms with Crippen LogP contribution in [0, 0.1) is 5.82 Å². The molecule has 0 saturated carbocycles. The Hall–Kier alpha value is -3.98. The molecule has 0 fully saturated rings. The molecule has 3 aromatic carbocycles. The first-order valence-corrected chi connectivity index (χ1v) is 12.4. The van der Waals surface area contributed by atoms with Gasteiger partial charge in [0.05, 0.1) is 16.7 Å². The molecule has 4 rings (SSSR count). The number of hydrogen-bond donors (Lipinski definition) is 2. The number of halogens is 1. The maximum Gasteiger partial charge on any atom is 0.262 e. The molecule has 0 unspecified atom stereocenters. The minimum atomic E-state index is -0.341. The van der Waals surface area contributed by atoms with Gasteiger partial charge in [0, 0.05) is 26.1 Å². The molecule has 0 atom stereocenters. The van der Waals surface area contributed by atoms with Crippen molar-refractivity contribution in [3.05, 3.63) is 106 Å². The Morgan fingerprint density at radius 2 is 1.47 bits per heavy atom. The SMILES string of the molecule is O=C(CCn1c(SCC(=O)NCc2ccccc2)nc2ccccc2c1=O)NCc1ccc(F)cc1. The Kier molecular flexibility index (Phi) is 8.46. The van der Waals surface area contributed by atoms with Crippen molar-refractivity contribution in [3.63, 3.8) is 0 Å². The molecule has 0 spiro atoms. The van der Waals surface area contributed by atoms with E-state index in [0.717, 1.165) is 22.9 Å². The number of nitrogens with zero attached hydrogens (tertiary/aromatic N) is 2. The molecule has 4 aromatic rings. The Labute approximate surface area is 211 Å². The van der Waals surface area contributed by atoms with Gasteiger partial charge in [-0.1, -0.05) is 66.4 Å². The van der Waals surface area contributed by atoms with E-state index in [1.54, 1.807) is 36.4 Å². The summed E-state index contributed by atoms with van der Waals surface area (Å²) in [5, 5.41) is 6.46. The molecular weight excluding hydrogens is 479 g/mol. The molecule has 0 bridgehead atoms. The van der Waals surface area contributed by atoms with E-state index in [0.29, 0.717) is 22.6 Å². The predicted molar refractivity (Wildman–Crippen MR) is 138 cm³/mol. The molecule has 0 aliphatic carbocycles. The van der Waals surface area contributed by atoms with Crippen molar-refractivity contribution < 1.29 is 14.0 Å². The van der Waals surface area contributed by atoms with Crippen LogP contribution in [-0.4, -0.2) is 27.1 Å². The predicted octanol–water partition coefficient (Wildman–Crippen LogP) is 3.65. The van der Waals surface area contributed by atoms with E-state index < -0.39 is 0 Å². The smallest absolute Gasteiger partial charge is 0.262 e. The van der Waals surface area contributed by atoms with E-state index in [9.17, 15) is 18.8 Å². The Bertz CT molecular complexity index is 1410. The molecule has 184 valence electrons. The number of thioether (sulfide) groups is 1. The van der Waals surface area contributed by atoms with Crippen LogP contribution in [0.1, 0.15) is 17.5 Å². The van der Waals surface area contributed by atoms with Gasteiger partial charge in [-0.15, -0.1) is 0 Å². The minimum absolute atomic E-state index is 0.0505. The molecule has 7 nitrogen and oxygen atoms in total. The zero-order valence-electron chi connectivity index (χ0n) is 19.4. The standard InChI is InChI=1S/C27H25FN4O3S/c28-21-12-10-20(11-13-21)17-29-24(33)14-15-32-26(35)22-8-4-5-9-23(22)31-27(32)36-18-25(34)30-16-19-6-2-1-3-7-19/h1-13H,14-18H2,(H,29,33)(H,30,34). The van der Waals surface area contributed by atoms with Crippen LogP contribution in [0.5, 0.6) is 0 Å². The van der Waals surface area contributed by atoms with Crippen molar-refractivity contribution in [2.45, 2.75) is 31.2 Å². The largest absolute Gasteiger partial charge is 0.352 e. The van der Waals surface area contributed by atoms with Crippen molar-refractivity contribution in [1.29, 1.82) is 0 Å². The second kappa shape index (κ2) is 12.1. The summed E-state index contributed by atoms with van der Waals surface area (Å²) in [7, 11) is 0. The van der Waals surface area contributed by atoms with Crippen LogP contribution < -0.4 is 16.2 Å². The van der Waals surface area contributed by atoms with Crippen molar-refractivity contribution >= 4 is 34.5 Å². The molecule has 2 N–H and O–H groups in total. The average molecular weight is 505 g/mol. The van der Waals surface area contributed by atoms with E-state index in [-0.39, 0.29) is 48.5 Å². The first kappa shape index (κ1) is 25.1. The second-order valence-corrected chi connectivity index (χ2v) is 9.02. The zero-order chi connectivity index (χ0) is 25.3. The van der Waals surface area contributed by atoms with Gasteiger partial charge in [0.15, 0.2) is 5.16 Å². The van der Waals surface area contributed by atoms with Crippen LogP contribution in [0.3, 0.4) is 0 Å². The highest BCUT2D eigenvalue weighted by atomic mass is 32.2. The van der Waals surface area contributed by atoms with Gasteiger partial charge < -0.3 is 10.6 Å². The van der Waals surface area contributed by atoms with Crippen LogP contribution in [0.25, 0.3) is 10.9 Å². The second-order valence-electron chi connectivity index (χ2n) is 8.07. The van der Waals surface area contributed by atoms with E-state index in [1.807, 2.05) is 30.3 Å². The molecular formula is C27H25FN4O3S. The van der Waals surface area contributed by atoms with Gasteiger partial charge in [0.2, 0.25) is 11.8 Å². The molecule has 9 heteroatoms. The van der Waals surface area contributed by atoms with Gasteiger partial charge in [-0.2, -0.15) is 0 Å². The first-order chi connectivity index (χ1) is 17.5. The molecule has 0 aliphatic heterocycles. The normalized spacial score (nSPS) is 10.8. The van der Waals surface area contributed by atoms with Crippen molar-refractivity contribution in [1.82, 2.24) is 20.2 Å². The first-order valence-electron chi connectivity index (χ1n) is 11.4. The van der Waals surface area contributed by atoms with Crippen LogP contribution in [0.15, 0.2) is 88.8 Å². The summed E-state index contributed by atoms with van der Waals surface area (Å²) >= 11 is 1.16. The van der Waals surface area contributed by atoms with E-state index in [4.69, 9.17) is 0 Å². The lowest BCUT2D eigenvalue weighted by molar-refractivity contribution is -0.121. The number of fused-ring (bicyclic) bond motifs is 1. The van der Waals surface area contributed by atoms with Crippen LogP contribution >= 0.6 is 11.8 Å². The summed E-state index contributed by atoms with van der Waals surface area (Å²) in [5.74, 6) is -0.702. The minimum Gasteiger partial charge on any atom is -0.352 e. The van der Waals surface area contributed by atoms with Gasteiger partial charge in [0.1, 0.15) is 5.82 Å². The van der Waals surface area contributed by atoms with E-state index >= 15 is 0 Å². The molecule has 36 heavy (non-hydrogen) atoms. The van der Waals surface area contributed by atoms with Crippen LogP contribution in [-0.2, 0) is 29.2 Å². The van der Waals surface area contributed by atoms with Crippen molar-refractivity contribution in [3.8, 4) is 0 Å². The van der Waals surface area contributed by atoms with Gasteiger partial charge in [-0.25, -0.2) is 9.37 Å². The number of nitrogens with one attached hydrogen (secondary N) is 2. The molecule has 1 heterocycles. The van der Waals surface area contributed by atoms with Gasteiger partial charge >= 0.3 is 0 Å². The summed E-state index contributed by atoms with van der Waals surface area (Å²) in [5.41, 5.74) is 2.03. The number of benzene rings is 3. The fourth-order valence-corrected chi connectivity index (χ4v) is 4.39. The Morgan fingerprint density at radius 3 is 2.22 bits per heavy atom. The Morgan fingerprint density at radius 1 is 0.833 bits per heavy atom. The highest BCUT2D eigenvalue weighted by molar-refractivity contribution is 7.99. The van der Waals surface area contributed by atoms with Crippen molar-refractivity contribution in [2.24, 2.45) is 0 Å². The number of hydrogen-bond acceptors (Lipinski definition) is 5. The summed E-state index contributed by atoms with van der Waals surface area (Å²) in [6, 6.07) is 22.4. The zero-order valence-corrected chi connectivity index (χ0v) is 20.3. The molecule has 0 saturated heterocycles. The number of para-hydroxylation sites is 1. The molecule has 2 amide bonds. The third-order valence-corrected chi connectivity index (χ3v) is 6.43. The topological polar surface area (TPSA) is 93.1 Å². The third-order valence-electron chi connectivity index (χ3n) is 5.46. The number of amides is 2. The Balaban J connectivity index is 1.41. The number of rotatable bonds is 10. The lowest BCUT2D eigenvalue weighted by Gasteiger charge is -2.13. The van der Waals surface area contributed by atoms with Crippen LogP contribution in [0.4, 0.5) is 4.39 Å². The van der Waals surface area contributed by atoms with Gasteiger partial charge in [0.25, 0.3) is 5.56 Å². The molecule has 1 aromatic heterocycles. The molecule has 0 radical (unpaired) electrons. The summed E-state index contributed by atoms with van der Waals surface area (Å²) in [6.07, 6.45) is 0.0505. The number of aromatic nitrogens is 2. The maximum atomic E-state index is 13.2. The van der Waals surface area contributed by atoms with Crippen LogP contribution in [0.2, 0.25) is 0 Å². The number of carbonyl (C=O) groups excluding carboxylic acids is 2. The van der Waals surface area contributed by atoms with Gasteiger partial charge in [-0.3, -0.25) is 19.0 Å². The monoisotopic (exact) mass is 504 g/mol. The summed E-state index contributed by atoms with van der Waals surface area (Å²) < 4.78 is 14.5. The lowest BCUT2D eigenvalue weighted by atomic mass is 10.2. The van der Waals surface area contributed by atoms with Crippen molar-refractivity contribution in [2.75, 3.05) is 5.75 Å². The summed E-state index contributed by atoms with van der Waals surface area (Å²) in [4.78, 5) is 42.6. The lowest BCUT2D eigenvalue weighted by Crippen LogP contribution is -2.29. The fourth-order valence-electron chi connectivity index (χ4n) is 3.54. The highest BCUT2D eigenvalue weighted by Gasteiger charge is 2.14. The fraction of sp³-hybridized carbons (Fsp3) is 0.185.